The normalized spacial score (nSPS) is 33.6. The van der Waals surface area contributed by atoms with Gasteiger partial charge in [0, 0.05) is 12.1 Å². The first kappa shape index (κ1) is 12.0. The molecule has 14 heavy (non-hydrogen) atoms. The highest BCUT2D eigenvalue weighted by atomic mass is 16.5. The Hall–Kier alpha value is -0.0800. The van der Waals surface area contributed by atoms with Crippen LogP contribution in [0.5, 0.6) is 0 Å². The molecule has 0 unspecified atom stereocenters. The third-order valence-electron chi connectivity index (χ3n) is 3.32. The molecule has 1 rings (SSSR count). The summed E-state index contributed by atoms with van der Waals surface area (Å²) in [5, 5.41) is 0. The van der Waals surface area contributed by atoms with Crippen LogP contribution in [-0.4, -0.2) is 18.2 Å². The number of hydrogen-bond acceptors (Lipinski definition) is 2. The van der Waals surface area contributed by atoms with Gasteiger partial charge >= 0.3 is 0 Å². The highest BCUT2D eigenvalue weighted by molar-refractivity contribution is 4.88. The first-order valence-corrected chi connectivity index (χ1v) is 5.92. The van der Waals surface area contributed by atoms with Crippen LogP contribution >= 0.6 is 0 Å². The Balaban J connectivity index is 2.21. The largest absolute Gasteiger partial charge is 0.379 e. The molecule has 0 radical (unpaired) electrons. The fourth-order valence-electron chi connectivity index (χ4n) is 2.08. The van der Waals surface area contributed by atoms with E-state index in [0.29, 0.717) is 6.10 Å². The summed E-state index contributed by atoms with van der Waals surface area (Å²) in [6.07, 6.45) is 6.29. The van der Waals surface area contributed by atoms with Crippen molar-refractivity contribution in [1.29, 1.82) is 0 Å². The lowest BCUT2D eigenvalue weighted by atomic mass is 9.76. The molecule has 0 spiro atoms. The maximum atomic E-state index is 6.33. The van der Waals surface area contributed by atoms with Crippen LogP contribution in [0.15, 0.2) is 0 Å². The van der Waals surface area contributed by atoms with Crippen LogP contribution in [0.2, 0.25) is 0 Å². The highest BCUT2D eigenvalue weighted by Crippen LogP contribution is 2.32. The Morgan fingerprint density at radius 3 is 2.43 bits per heavy atom. The van der Waals surface area contributed by atoms with E-state index >= 15 is 0 Å². The summed E-state index contributed by atoms with van der Waals surface area (Å²) in [4.78, 5) is 0. The first-order valence-electron chi connectivity index (χ1n) is 5.92. The second kappa shape index (κ2) is 5.13. The van der Waals surface area contributed by atoms with Crippen LogP contribution in [0.4, 0.5) is 0 Å². The third kappa shape index (κ3) is 3.97. The average molecular weight is 199 g/mol. The Morgan fingerprint density at radius 2 is 1.93 bits per heavy atom. The van der Waals surface area contributed by atoms with E-state index in [4.69, 9.17) is 10.5 Å². The molecule has 0 amide bonds. The van der Waals surface area contributed by atoms with Crippen molar-refractivity contribution >= 4 is 0 Å². The standard InChI is InChI=1S/C12H25NO/c1-10(2)14-9-8-12(13)6-4-11(3)5-7-12/h10-11H,4-9,13H2,1-3H3. The lowest BCUT2D eigenvalue weighted by Gasteiger charge is -2.36. The molecule has 0 aliphatic heterocycles. The van der Waals surface area contributed by atoms with Crippen molar-refractivity contribution in [2.75, 3.05) is 6.61 Å². The summed E-state index contributed by atoms with van der Waals surface area (Å²) in [6.45, 7) is 7.30. The lowest BCUT2D eigenvalue weighted by Crippen LogP contribution is -2.44. The van der Waals surface area contributed by atoms with Gasteiger partial charge in [0.1, 0.15) is 0 Å². The van der Waals surface area contributed by atoms with Crippen LogP contribution in [-0.2, 0) is 4.74 Å². The molecule has 0 aromatic heterocycles. The van der Waals surface area contributed by atoms with E-state index in [1.54, 1.807) is 0 Å². The summed E-state index contributed by atoms with van der Waals surface area (Å²) in [6, 6.07) is 0. The molecule has 1 saturated carbocycles. The van der Waals surface area contributed by atoms with Gasteiger partial charge in [0.05, 0.1) is 6.10 Å². The zero-order valence-corrected chi connectivity index (χ0v) is 9.88. The fourth-order valence-corrected chi connectivity index (χ4v) is 2.08. The van der Waals surface area contributed by atoms with E-state index in [9.17, 15) is 0 Å². The van der Waals surface area contributed by atoms with Gasteiger partial charge in [-0.3, -0.25) is 0 Å². The van der Waals surface area contributed by atoms with Gasteiger partial charge in [0.2, 0.25) is 0 Å². The van der Waals surface area contributed by atoms with Gasteiger partial charge in [-0.15, -0.1) is 0 Å². The predicted molar refractivity (Wildman–Crippen MR) is 60.3 cm³/mol. The Kier molecular flexibility index (Phi) is 4.39. The summed E-state index contributed by atoms with van der Waals surface area (Å²) >= 11 is 0. The number of hydrogen-bond donors (Lipinski definition) is 1. The third-order valence-corrected chi connectivity index (χ3v) is 3.32. The van der Waals surface area contributed by atoms with Crippen molar-refractivity contribution in [2.45, 2.75) is 64.5 Å². The molecule has 0 heterocycles. The van der Waals surface area contributed by atoms with Gasteiger partial charge in [-0.2, -0.15) is 0 Å². The molecule has 2 N–H and O–H groups in total. The van der Waals surface area contributed by atoms with Crippen molar-refractivity contribution in [3.8, 4) is 0 Å². The van der Waals surface area contributed by atoms with Gasteiger partial charge in [0.25, 0.3) is 0 Å². The summed E-state index contributed by atoms with van der Waals surface area (Å²) in [5.41, 5.74) is 6.40. The van der Waals surface area contributed by atoms with E-state index in [2.05, 4.69) is 20.8 Å². The van der Waals surface area contributed by atoms with Gasteiger partial charge in [-0.25, -0.2) is 0 Å². The fraction of sp³-hybridized carbons (Fsp3) is 1.00. The van der Waals surface area contributed by atoms with Crippen molar-refractivity contribution in [3.05, 3.63) is 0 Å². The average Bonchev–Trinajstić information content (AvgIpc) is 2.10. The zero-order chi connectivity index (χ0) is 10.6. The van der Waals surface area contributed by atoms with Gasteiger partial charge in [-0.05, 0) is 51.9 Å². The molecule has 1 aliphatic carbocycles. The van der Waals surface area contributed by atoms with E-state index in [1.165, 1.54) is 25.7 Å². The monoisotopic (exact) mass is 199 g/mol. The van der Waals surface area contributed by atoms with E-state index in [1.807, 2.05) is 0 Å². The summed E-state index contributed by atoms with van der Waals surface area (Å²) in [5.74, 6) is 0.873. The molecule has 1 fully saturated rings. The number of rotatable bonds is 4. The van der Waals surface area contributed by atoms with Crippen molar-refractivity contribution in [2.24, 2.45) is 11.7 Å². The molecule has 1 aliphatic rings. The number of nitrogens with two attached hydrogens (primary N) is 1. The second-order valence-electron chi connectivity index (χ2n) is 5.21. The second-order valence-corrected chi connectivity index (χ2v) is 5.21. The van der Waals surface area contributed by atoms with Gasteiger partial charge in [-0.1, -0.05) is 6.92 Å². The van der Waals surface area contributed by atoms with Crippen LogP contribution in [0.1, 0.15) is 52.9 Å². The van der Waals surface area contributed by atoms with Crippen LogP contribution < -0.4 is 5.73 Å². The molecular weight excluding hydrogens is 174 g/mol. The van der Waals surface area contributed by atoms with E-state index in [-0.39, 0.29) is 5.54 Å². The minimum atomic E-state index is 0.0708. The molecule has 2 heteroatoms. The predicted octanol–water partition coefficient (Wildman–Crippen LogP) is 2.71. The molecule has 84 valence electrons. The quantitative estimate of drug-likeness (QED) is 0.755. The Bertz CT molecular complexity index is 160. The lowest BCUT2D eigenvalue weighted by molar-refractivity contribution is 0.0572. The first-order chi connectivity index (χ1) is 6.52. The maximum absolute atomic E-state index is 6.33. The summed E-state index contributed by atoms with van der Waals surface area (Å²) < 4.78 is 5.56. The SMILES string of the molecule is CC1CCC(N)(CCOC(C)C)CC1. The van der Waals surface area contributed by atoms with Crippen LogP contribution in [0.25, 0.3) is 0 Å². The minimum absolute atomic E-state index is 0.0708. The zero-order valence-electron chi connectivity index (χ0n) is 9.88. The Labute approximate surface area is 88.2 Å². The topological polar surface area (TPSA) is 35.2 Å². The van der Waals surface area contributed by atoms with Gasteiger partial charge < -0.3 is 10.5 Å². The maximum Gasteiger partial charge on any atom is 0.0518 e. The Morgan fingerprint density at radius 1 is 1.36 bits per heavy atom. The highest BCUT2D eigenvalue weighted by Gasteiger charge is 2.29. The molecule has 0 saturated heterocycles. The number of ether oxygens (including phenoxy) is 1. The molecular formula is C12H25NO. The summed E-state index contributed by atoms with van der Waals surface area (Å²) in [7, 11) is 0. The van der Waals surface area contributed by atoms with Crippen LogP contribution in [0, 0.1) is 5.92 Å². The molecule has 0 aromatic carbocycles. The molecule has 2 nitrogen and oxygen atoms in total. The van der Waals surface area contributed by atoms with Crippen molar-refractivity contribution in [1.82, 2.24) is 0 Å². The van der Waals surface area contributed by atoms with Crippen molar-refractivity contribution in [3.63, 3.8) is 0 Å². The van der Waals surface area contributed by atoms with E-state index in [0.717, 1.165) is 18.9 Å². The van der Waals surface area contributed by atoms with E-state index < -0.39 is 0 Å². The molecule has 0 bridgehead atoms. The molecule has 0 atom stereocenters. The van der Waals surface area contributed by atoms with Crippen LogP contribution in [0.3, 0.4) is 0 Å². The molecule has 0 aromatic rings. The smallest absolute Gasteiger partial charge is 0.0518 e. The van der Waals surface area contributed by atoms with Gasteiger partial charge in [0.15, 0.2) is 0 Å². The minimum Gasteiger partial charge on any atom is -0.379 e. The van der Waals surface area contributed by atoms with Crippen molar-refractivity contribution < 1.29 is 4.74 Å².